The molecule has 2 amide bonds. The van der Waals surface area contributed by atoms with Gasteiger partial charge in [-0.25, -0.2) is 0 Å². The summed E-state index contributed by atoms with van der Waals surface area (Å²) in [5.74, 6) is 0.378. The highest BCUT2D eigenvalue weighted by molar-refractivity contribution is 5.94. The van der Waals surface area contributed by atoms with E-state index in [1.807, 2.05) is 29.2 Å². The zero-order chi connectivity index (χ0) is 17.7. The first-order chi connectivity index (χ1) is 11.3. The van der Waals surface area contributed by atoms with Crippen molar-refractivity contribution in [2.45, 2.75) is 39.0 Å². The van der Waals surface area contributed by atoms with Crippen LogP contribution < -0.4 is 11.1 Å². The van der Waals surface area contributed by atoms with Crippen molar-refractivity contribution in [3.63, 3.8) is 0 Å². The van der Waals surface area contributed by atoms with Crippen LogP contribution in [0, 0.1) is 5.92 Å². The molecule has 1 saturated heterocycles. The van der Waals surface area contributed by atoms with Gasteiger partial charge in [-0.1, -0.05) is 32.9 Å². The van der Waals surface area contributed by atoms with Gasteiger partial charge in [0, 0.05) is 31.6 Å². The largest absolute Gasteiger partial charge is 0.352 e. The lowest BCUT2D eigenvalue weighted by Gasteiger charge is -2.19. The van der Waals surface area contributed by atoms with Gasteiger partial charge < -0.3 is 16.0 Å². The monoisotopic (exact) mass is 331 g/mol. The fourth-order valence-corrected chi connectivity index (χ4v) is 2.92. The average molecular weight is 331 g/mol. The van der Waals surface area contributed by atoms with E-state index >= 15 is 0 Å². The number of nitrogens with zero attached hydrogens (tertiary/aromatic N) is 1. The Morgan fingerprint density at radius 1 is 1.25 bits per heavy atom. The molecule has 0 spiro atoms. The molecule has 1 fully saturated rings. The Kier molecular flexibility index (Phi) is 5.99. The number of rotatable bonds is 5. The van der Waals surface area contributed by atoms with Crippen LogP contribution in [0.25, 0.3) is 0 Å². The molecular formula is C19H29N3O2. The number of hydrogen-bond donors (Lipinski definition) is 2. The second-order valence-corrected chi connectivity index (χ2v) is 7.56. The van der Waals surface area contributed by atoms with E-state index in [9.17, 15) is 9.59 Å². The predicted molar refractivity (Wildman–Crippen MR) is 95.8 cm³/mol. The summed E-state index contributed by atoms with van der Waals surface area (Å²) < 4.78 is 0. The Bertz CT molecular complexity index is 575. The molecule has 0 radical (unpaired) electrons. The minimum Gasteiger partial charge on any atom is -0.352 e. The van der Waals surface area contributed by atoms with Gasteiger partial charge >= 0.3 is 0 Å². The second kappa shape index (κ2) is 7.79. The fraction of sp³-hybridized carbons (Fsp3) is 0.579. The number of amides is 2. The van der Waals surface area contributed by atoms with Crippen molar-refractivity contribution in [2.24, 2.45) is 11.7 Å². The summed E-state index contributed by atoms with van der Waals surface area (Å²) in [6.45, 7) is 8.94. The zero-order valence-corrected chi connectivity index (χ0v) is 15.0. The molecule has 5 nitrogen and oxygen atoms in total. The normalized spacial score (nSPS) is 17.8. The lowest BCUT2D eigenvalue weighted by molar-refractivity contribution is -0.130. The van der Waals surface area contributed by atoms with Crippen LogP contribution in [0.4, 0.5) is 0 Å². The van der Waals surface area contributed by atoms with E-state index in [-0.39, 0.29) is 17.2 Å². The van der Waals surface area contributed by atoms with E-state index in [0.717, 1.165) is 19.5 Å². The summed E-state index contributed by atoms with van der Waals surface area (Å²) in [5, 5.41) is 2.83. The van der Waals surface area contributed by atoms with Crippen molar-refractivity contribution in [1.82, 2.24) is 10.2 Å². The summed E-state index contributed by atoms with van der Waals surface area (Å²) in [6.07, 6.45) is 1.32. The molecule has 0 saturated carbocycles. The number of nitrogens with two attached hydrogens (primary N) is 1. The van der Waals surface area contributed by atoms with Crippen molar-refractivity contribution < 1.29 is 9.59 Å². The van der Waals surface area contributed by atoms with Crippen LogP contribution in [0.15, 0.2) is 24.3 Å². The summed E-state index contributed by atoms with van der Waals surface area (Å²) >= 11 is 0. The van der Waals surface area contributed by atoms with Gasteiger partial charge in [0.25, 0.3) is 5.91 Å². The van der Waals surface area contributed by atoms with E-state index in [0.29, 0.717) is 31.0 Å². The van der Waals surface area contributed by atoms with Gasteiger partial charge in [0.2, 0.25) is 5.91 Å². The number of nitrogens with one attached hydrogen (secondary N) is 1. The molecule has 1 unspecified atom stereocenters. The number of hydrogen-bond acceptors (Lipinski definition) is 3. The first-order valence-corrected chi connectivity index (χ1v) is 8.68. The summed E-state index contributed by atoms with van der Waals surface area (Å²) in [4.78, 5) is 26.1. The van der Waals surface area contributed by atoms with E-state index < -0.39 is 0 Å². The third kappa shape index (κ3) is 4.81. The molecule has 24 heavy (non-hydrogen) atoms. The smallest absolute Gasteiger partial charge is 0.251 e. The fourth-order valence-electron chi connectivity index (χ4n) is 2.92. The van der Waals surface area contributed by atoms with E-state index in [1.165, 1.54) is 5.56 Å². The molecule has 0 aromatic heterocycles. The first-order valence-electron chi connectivity index (χ1n) is 8.68. The van der Waals surface area contributed by atoms with Crippen LogP contribution in [0.3, 0.4) is 0 Å². The summed E-state index contributed by atoms with van der Waals surface area (Å²) in [6, 6.07) is 7.64. The lowest BCUT2D eigenvalue weighted by Crippen LogP contribution is -2.33. The minimum atomic E-state index is -0.135. The van der Waals surface area contributed by atoms with Crippen molar-refractivity contribution >= 4 is 11.8 Å². The highest BCUT2D eigenvalue weighted by Gasteiger charge is 2.24. The molecular weight excluding hydrogens is 302 g/mol. The van der Waals surface area contributed by atoms with Crippen molar-refractivity contribution in [3.8, 4) is 0 Å². The van der Waals surface area contributed by atoms with Crippen molar-refractivity contribution in [3.05, 3.63) is 35.4 Å². The third-order valence-corrected chi connectivity index (χ3v) is 4.61. The van der Waals surface area contributed by atoms with Crippen LogP contribution >= 0.6 is 0 Å². The molecule has 1 aromatic rings. The molecule has 132 valence electrons. The minimum absolute atomic E-state index is 0.0680. The number of carbonyl (C=O) groups is 2. The number of likely N-dealkylation sites (tertiary alicyclic amines) is 1. The quantitative estimate of drug-likeness (QED) is 0.865. The van der Waals surface area contributed by atoms with Crippen molar-refractivity contribution in [1.29, 1.82) is 0 Å². The van der Waals surface area contributed by atoms with Crippen LogP contribution in [-0.4, -0.2) is 42.9 Å². The number of benzene rings is 1. The highest BCUT2D eigenvalue weighted by Crippen LogP contribution is 2.22. The Morgan fingerprint density at radius 3 is 2.46 bits per heavy atom. The zero-order valence-electron chi connectivity index (χ0n) is 15.0. The Balaban J connectivity index is 1.78. The van der Waals surface area contributed by atoms with E-state index in [4.69, 9.17) is 5.73 Å². The lowest BCUT2D eigenvalue weighted by atomic mass is 9.87. The summed E-state index contributed by atoms with van der Waals surface area (Å²) in [7, 11) is 0. The van der Waals surface area contributed by atoms with Crippen molar-refractivity contribution in [2.75, 3.05) is 26.2 Å². The van der Waals surface area contributed by atoms with Crippen LogP contribution in [0.1, 0.15) is 49.5 Å². The second-order valence-electron chi connectivity index (χ2n) is 7.56. The van der Waals surface area contributed by atoms with Gasteiger partial charge in [-0.2, -0.15) is 0 Å². The molecule has 1 atom stereocenters. The van der Waals surface area contributed by atoms with Gasteiger partial charge in [-0.05, 0) is 42.0 Å². The molecule has 0 aliphatic carbocycles. The average Bonchev–Trinajstić information content (AvgIpc) is 3.03. The molecule has 1 aliphatic heterocycles. The molecule has 5 heteroatoms. The summed E-state index contributed by atoms with van der Waals surface area (Å²) in [5.41, 5.74) is 7.53. The van der Waals surface area contributed by atoms with Crippen LogP contribution in [0.2, 0.25) is 0 Å². The van der Waals surface area contributed by atoms with E-state index in [2.05, 4.69) is 26.1 Å². The molecule has 1 heterocycles. The van der Waals surface area contributed by atoms with Crippen LogP contribution in [0.5, 0.6) is 0 Å². The molecule has 0 bridgehead atoms. The highest BCUT2D eigenvalue weighted by atomic mass is 16.2. The maximum atomic E-state index is 12.2. The standard InChI is InChI=1S/C19H29N3O2/c1-19(2,3)16-6-4-15(5-7-16)18(24)21-10-8-17(23)22-11-9-14(12-20)13-22/h4-7,14H,8-13,20H2,1-3H3,(H,21,24). The maximum absolute atomic E-state index is 12.2. The third-order valence-electron chi connectivity index (χ3n) is 4.61. The van der Waals surface area contributed by atoms with Gasteiger partial charge in [-0.15, -0.1) is 0 Å². The predicted octanol–water partition coefficient (Wildman–Crippen LogP) is 1.91. The Hall–Kier alpha value is -1.88. The van der Waals surface area contributed by atoms with Gasteiger partial charge in [0.15, 0.2) is 0 Å². The molecule has 3 N–H and O–H groups in total. The topological polar surface area (TPSA) is 75.4 Å². The first kappa shape index (κ1) is 18.5. The SMILES string of the molecule is CC(C)(C)c1ccc(C(=O)NCCC(=O)N2CCC(CN)C2)cc1. The molecule has 2 rings (SSSR count). The van der Waals surface area contributed by atoms with Gasteiger partial charge in [0.1, 0.15) is 0 Å². The van der Waals surface area contributed by atoms with Gasteiger partial charge in [0.05, 0.1) is 0 Å². The van der Waals surface area contributed by atoms with Crippen LogP contribution in [-0.2, 0) is 10.2 Å². The Labute approximate surface area is 144 Å². The maximum Gasteiger partial charge on any atom is 0.251 e. The molecule has 1 aliphatic rings. The molecule has 1 aromatic carbocycles. The van der Waals surface area contributed by atoms with E-state index in [1.54, 1.807) is 0 Å². The van der Waals surface area contributed by atoms with Gasteiger partial charge in [-0.3, -0.25) is 9.59 Å². The Morgan fingerprint density at radius 2 is 1.92 bits per heavy atom. The number of carbonyl (C=O) groups excluding carboxylic acids is 2.